The average Bonchev–Trinajstić information content (AvgIpc) is 3.07. The molecule has 0 rings (SSSR count). The molecule has 0 bridgehead atoms. The second kappa shape index (κ2) is 36.8. The number of phosphoric ester groups is 1. The average molecular weight is 719 g/mol. The molecule has 0 aliphatic rings. The van der Waals surface area contributed by atoms with Crippen LogP contribution < -0.4 is 0 Å². The zero-order valence-corrected chi connectivity index (χ0v) is 33.0. The van der Waals surface area contributed by atoms with Crippen LogP contribution in [0.15, 0.2) is 0 Å². The third kappa shape index (κ3) is 39.7. The molecule has 0 heterocycles. The van der Waals surface area contributed by atoms with Crippen LogP contribution in [0.3, 0.4) is 0 Å². The molecule has 0 saturated carbocycles. The summed E-state index contributed by atoms with van der Waals surface area (Å²) in [6.07, 6.45) is 38.2. The Balaban J connectivity index is 3.86. The molecule has 292 valence electrons. The van der Waals surface area contributed by atoms with E-state index in [2.05, 4.69) is 18.4 Å². The SMILES string of the molecule is CCCCCCCCCCCCCCCCCCCC(=O)OC[C@H](COP(=O)(O)O)OC(=O)CCCCCCCCCCCCCCCC. The molecule has 0 aromatic carbocycles. The topological polar surface area (TPSA) is 119 Å². The number of unbranched alkanes of at least 4 members (excludes halogenated alkanes) is 29. The van der Waals surface area contributed by atoms with Gasteiger partial charge in [-0.1, -0.05) is 200 Å². The number of carbonyl (C=O) groups is 2. The number of phosphoric acid groups is 1. The van der Waals surface area contributed by atoms with Gasteiger partial charge >= 0.3 is 19.8 Å². The van der Waals surface area contributed by atoms with Crippen LogP contribution in [0.2, 0.25) is 0 Å². The Morgan fingerprint density at radius 1 is 0.449 bits per heavy atom. The first-order chi connectivity index (χ1) is 23.8. The smallest absolute Gasteiger partial charge is 0.462 e. The number of ether oxygens (including phenoxy) is 2. The van der Waals surface area contributed by atoms with Crippen molar-refractivity contribution in [1.29, 1.82) is 0 Å². The van der Waals surface area contributed by atoms with E-state index in [1.807, 2.05) is 0 Å². The standard InChI is InChI=1S/C40H79O8P/c1-3-5-7-9-11-13-15-17-19-20-21-23-24-26-28-30-32-34-39(41)46-36-38(37-47-49(43,44)45)48-40(42)35-33-31-29-27-25-22-18-16-14-12-10-8-6-4-2/h38H,3-37H2,1-2H3,(H2,43,44,45)/t38-/m1/s1. The van der Waals surface area contributed by atoms with Gasteiger partial charge in [-0.25, -0.2) is 4.57 Å². The van der Waals surface area contributed by atoms with E-state index >= 15 is 0 Å². The lowest BCUT2D eigenvalue weighted by molar-refractivity contribution is -0.161. The van der Waals surface area contributed by atoms with Gasteiger partial charge < -0.3 is 19.3 Å². The number of rotatable bonds is 39. The highest BCUT2D eigenvalue weighted by atomic mass is 31.2. The van der Waals surface area contributed by atoms with Crippen molar-refractivity contribution in [3.8, 4) is 0 Å². The maximum Gasteiger partial charge on any atom is 0.469 e. The summed E-state index contributed by atoms with van der Waals surface area (Å²) in [6.45, 7) is 3.71. The number of carbonyl (C=O) groups excluding carboxylic acids is 2. The Bertz CT molecular complexity index is 771. The summed E-state index contributed by atoms with van der Waals surface area (Å²) < 4.78 is 26.4. The van der Waals surface area contributed by atoms with Gasteiger partial charge in [0.2, 0.25) is 0 Å². The Hall–Kier alpha value is -0.950. The molecule has 8 nitrogen and oxygen atoms in total. The first-order valence-electron chi connectivity index (χ1n) is 20.8. The molecule has 0 aliphatic carbocycles. The fourth-order valence-corrected chi connectivity index (χ4v) is 6.62. The van der Waals surface area contributed by atoms with Crippen molar-refractivity contribution < 1.29 is 37.9 Å². The molecule has 0 aromatic rings. The molecule has 0 aromatic heterocycles. The second-order valence-electron chi connectivity index (χ2n) is 14.3. The van der Waals surface area contributed by atoms with Crippen LogP contribution in [0.5, 0.6) is 0 Å². The Labute approximate surface area is 302 Å². The van der Waals surface area contributed by atoms with Gasteiger partial charge in [-0.15, -0.1) is 0 Å². The van der Waals surface area contributed by atoms with E-state index in [9.17, 15) is 14.2 Å². The molecule has 0 saturated heterocycles. The van der Waals surface area contributed by atoms with Gasteiger partial charge in [-0.05, 0) is 12.8 Å². The van der Waals surface area contributed by atoms with Crippen molar-refractivity contribution in [1.82, 2.24) is 0 Å². The first-order valence-corrected chi connectivity index (χ1v) is 22.4. The number of hydrogen-bond donors (Lipinski definition) is 2. The molecule has 1 atom stereocenters. The summed E-state index contributed by atoms with van der Waals surface area (Å²) >= 11 is 0. The highest BCUT2D eigenvalue weighted by Gasteiger charge is 2.22. The minimum Gasteiger partial charge on any atom is -0.462 e. The Morgan fingerprint density at radius 2 is 0.735 bits per heavy atom. The van der Waals surface area contributed by atoms with Crippen LogP contribution in [-0.4, -0.2) is 41.0 Å². The lowest BCUT2D eigenvalue weighted by Gasteiger charge is -2.18. The zero-order valence-electron chi connectivity index (χ0n) is 32.1. The molecular weight excluding hydrogens is 639 g/mol. The normalized spacial score (nSPS) is 12.3. The van der Waals surface area contributed by atoms with Gasteiger partial charge in [0, 0.05) is 12.8 Å². The van der Waals surface area contributed by atoms with Gasteiger partial charge in [0.15, 0.2) is 6.10 Å². The fraction of sp³-hybridized carbons (Fsp3) is 0.950. The van der Waals surface area contributed by atoms with Crippen molar-refractivity contribution >= 4 is 19.8 Å². The summed E-state index contributed by atoms with van der Waals surface area (Å²) in [7, 11) is -4.74. The van der Waals surface area contributed by atoms with Crippen LogP contribution in [0.1, 0.15) is 226 Å². The van der Waals surface area contributed by atoms with E-state index in [-0.39, 0.29) is 19.4 Å². The minimum absolute atomic E-state index is 0.220. The van der Waals surface area contributed by atoms with E-state index < -0.39 is 32.5 Å². The molecule has 0 aliphatic heterocycles. The van der Waals surface area contributed by atoms with Crippen LogP contribution in [-0.2, 0) is 28.2 Å². The van der Waals surface area contributed by atoms with E-state index in [4.69, 9.17) is 19.3 Å². The van der Waals surface area contributed by atoms with Gasteiger partial charge in [-0.3, -0.25) is 14.1 Å². The summed E-state index contributed by atoms with van der Waals surface area (Å²) in [5.41, 5.74) is 0. The number of esters is 2. The largest absolute Gasteiger partial charge is 0.469 e. The third-order valence-corrected chi connectivity index (χ3v) is 9.86. The molecule has 0 amide bonds. The third-order valence-electron chi connectivity index (χ3n) is 9.38. The van der Waals surface area contributed by atoms with Crippen molar-refractivity contribution in [2.45, 2.75) is 232 Å². The lowest BCUT2D eigenvalue weighted by atomic mass is 10.0. The highest BCUT2D eigenvalue weighted by Crippen LogP contribution is 2.36. The molecule has 9 heteroatoms. The summed E-state index contributed by atoms with van der Waals surface area (Å²) in [6, 6.07) is 0. The Morgan fingerprint density at radius 3 is 1.04 bits per heavy atom. The molecule has 0 spiro atoms. The molecule has 0 unspecified atom stereocenters. The van der Waals surface area contributed by atoms with Crippen molar-refractivity contribution in [2.75, 3.05) is 13.2 Å². The summed E-state index contributed by atoms with van der Waals surface area (Å²) in [5.74, 6) is -0.868. The molecule has 49 heavy (non-hydrogen) atoms. The lowest BCUT2D eigenvalue weighted by Crippen LogP contribution is -2.29. The molecular formula is C40H79O8P. The van der Waals surface area contributed by atoms with Gasteiger partial charge in [0.25, 0.3) is 0 Å². The minimum atomic E-state index is -4.74. The van der Waals surface area contributed by atoms with E-state index in [1.165, 1.54) is 161 Å². The molecule has 0 radical (unpaired) electrons. The maximum atomic E-state index is 12.4. The second-order valence-corrected chi connectivity index (χ2v) is 15.6. The molecule has 2 N–H and O–H groups in total. The summed E-state index contributed by atoms with van der Waals surface area (Å²) in [4.78, 5) is 42.8. The fourth-order valence-electron chi connectivity index (χ4n) is 6.26. The monoisotopic (exact) mass is 719 g/mol. The predicted octanol–water partition coefficient (Wildman–Crippen LogP) is 12.5. The quantitative estimate of drug-likeness (QED) is 0.0366. The van der Waals surface area contributed by atoms with Crippen molar-refractivity contribution in [3.63, 3.8) is 0 Å². The van der Waals surface area contributed by atoms with Gasteiger partial charge in [0.1, 0.15) is 6.61 Å². The highest BCUT2D eigenvalue weighted by molar-refractivity contribution is 7.46. The van der Waals surface area contributed by atoms with Crippen LogP contribution in [0.4, 0.5) is 0 Å². The van der Waals surface area contributed by atoms with Crippen molar-refractivity contribution in [2.24, 2.45) is 0 Å². The maximum absolute atomic E-state index is 12.4. The van der Waals surface area contributed by atoms with Gasteiger partial charge in [0.05, 0.1) is 6.61 Å². The summed E-state index contributed by atoms with van der Waals surface area (Å²) in [5, 5.41) is 0. The van der Waals surface area contributed by atoms with E-state index in [0.29, 0.717) is 6.42 Å². The Kier molecular flexibility index (Phi) is 36.1. The van der Waals surface area contributed by atoms with Gasteiger partial charge in [-0.2, -0.15) is 0 Å². The van der Waals surface area contributed by atoms with Crippen LogP contribution in [0, 0.1) is 0 Å². The van der Waals surface area contributed by atoms with E-state index in [0.717, 1.165) is 32.1 Å². The zero-order chi connectivity index (χ0) is 36.1. The van der Waals surface area contributed by atoms with Crippen molar-refractivity contribution in [3.05, 3.63) is 0 Å². The van der Waals surface area contributed by atoms with Crippen LogP contribution >= 0.6 is 7.82 Å². The number of hydrogen-bond acceptors (Lipinski definition) is 6. The predicted molar refractivity (Wildman–Crippen MR) is 203 cm³/mol. The van der Waals surface area contributed by atoms with E-state index in [1.54, 1.807) is 0 Å². The van der Waals surface area contributed by atoms with Crippen LogP contribution in [0.25, 0.3) is 0 Å². The molecule has 0 fully saturated rings. The first kappa shape index (κ1) is 48.0.